The molecule has 2 aliphatic rings. The summed E-state index contributed by atoms with van der Waals surface area (Å²) in [5.74, 6) is 1.49. The highest BCUT2D eigenvalue weighted by atomic mass is 28.4. The Kier molecular flexibility index (Phi) is 4.03. The highest BCUT2D eigenvalue weighted by molar-refractivity contribution is 6.69. The van der Waals surface area contributed by atoms with Crippen LogP contribution in [0.3, 0.4) is 0 Å². The average Bonchev–Trinajstić information content (AvgIpc) is 3.06. The van der Waals surface area contributed by atoms with Gasteiger partial charge in [0.1, 0.15) is 0 Å². The van der Waals surface area contributed by atoms with Crippen molar-refractivity contribution in [2.45, 2.75) is 51.0 Å². The summed E-state index contributed by atoms with van der Waals surface area (Å²) in [6, 6.07) is 0.737. The molecule has 0 spiro atoms. The Labute approximate surface area is 148 Å². The van der Waals surface area contributed by atoms with Crippen LogP contribution in [0, 0.1) is 5.92 Å². The Bertz CT molecular complexity index is 807. The summed E-state index contributed by atoms with van der Waals surface area (Å²) in [6.45, 7) is 7.46. The molecule has 2 atom stereocenters. The fourth-order valence-corrected chi connectivity index (χ4v) is 3.85. The van der Waals surface area contributed by atoms with E-state index in [0.717, 1.165) is 30.0 Å². The molecule has 3 N–H and O–H groups in total. The Hall–Kier alpha value is -1.93. The van der Waals surface area contributed by atoms with Crippen LogP contribution in [0.25, 0.3) is 11.2 Å². The molecule has 2 aliphatic carbocycles. The number of nitrogen functional groups attached to an aromatic ring is 1. The second-order valence-electron chi connectivity index (χ2n) is 8.04. The lowest BCUT2D eigenvalue weighted by Gasteiger charge is -2.20. The summed E-state index contributed by atoms with van der Waals surface area (Å²) in [7, 11) is -1.48. The van der Waals surface area contributed by atoms with E-state index in [0.29, 0.717) is 12.0 Å². The molecule has 2 heterocycles. The second-order valence-corrected chi connectivity index (χ2v) is 12.6. The van der Waals surface area contributed by atoms with E-state index in [9.17, 15) is 0 Å². The number of rotatable bonds is 6. The van der Waals surface area contributed by atoms with E-state index in [1.54, 1.807) is 0 Å². The van der Waals surface area contributed by atoms with Crippen LogP contribution in [0.5, 0.6) is 0 Å². The molecule has 8 heteroatoms. The number of hydrogen-bond donors (Lipinski definition) is 2. The molecule has 7 nitrogen and oxygen atoms in total. The minimum Gasteiger partial charge on any atom is -0.417 e. The third-order valence-corrected chi connectivity index (χ3v) is 5.63. The molecule has 1 saturated carbocycles. The van der Waals surface area contributed by atoms with E-state index in [1.807, 2.05) is 6.33 Å². The van der Waals surface area contributed by atoms with Gasteiger partial charge in [-0.2, -0.15) is 9.97 Å². The lowest BCUT2D eigenvalue weighted by Crippen LogP contribution is -2.28. The number of aromatic nitrogens is 4. The van der Waals surface area contributed by atoms with Gasteiger partial charge in [-0.1, -0.05) is 12.2 Å². The maximum absolute atomic E-state index is 6.06. The van der Waals surface area contributed by atoms with Crippen LogP contribution >= 0.6 is 0 Å². The fraction of sp³-hybridized carbons (Fsp3) is 0.588. The van der Waals surface area contributed by atoms with E-state index >= 15 is 0 Å². The Morgan fingerprint density at radius 2 is 2.08 bits per heavy atom. The van der Waals surface area contributed by atoms with Gasteiger partial charge in [-0.15, -0.1) is 0 Å². The normalized spacial score (nSPS) is 23.5. The first-order valence-electron chi connectivity index (χ1n) is 8.98. The first-order chi connectivity index (χ1) is 11.9. The van der Waals surface area contributed by atoms with Crippen LogP contribution in [0.15, 0.2) is 18.5 Å². The van der Waals surface area contributed by atoms with Crippen molar-refractivity contribution in [3.8, 4) is 0 Å². The van der Waals surface area contributed by atoms with E-state index in [-0.39, 0.29) is 12.0 Å². The molecular weight excluding hydrogens is 332 g/mol. The summed E-state index contributed by atoms with van der Waals surface area (Å²) in [5, 5.41) is 3.41. The van der Waals surface area contributed by atoms with Crippen molar-refractivity contribution in [2.75, 3.05) is 17.7 Å². The van der Waals surface area contributed by atoms with Crippen molar-refractivity contribution in [1.29, 1.82) is 0 Å². The zero-order chi connectivity index (χ0) is 17.6. The average molecular weight is 359 g/mol. The van der Waals surface area contributed by atoms with Crippen LogP contribution in [-0.4, -0.2) is 40.5 Å². The second kappa shape index (κ2) is 6.10. The van der Waals surface area contributed by atoms with Crippen molar-refractivity contribution in [3.05, 3.63) is 18.5 Å². The van der Waals surface area contributed by atoms with Gasteiger partial charge in [0.25, 0.3) is 0 Å². The molecule has 4 rings (SSSR count). The number of nitrogens with two attached hydrogens (primary N) is 1. The minimum atomic E-state index is -1.48. The van der Waals surface area contributed by atoms with Gasteiger partial charge in [-0.05, 0) is 38.9 Å². The highest BCUT2D eigenvalue weighted by Gasteiger charge is 2.27. The fourth-order valence-electron chi connectivity index (χ4n) is 3.14. The molecule has 0 radical (unpaired) electrons. The van der Waals surface area contributed by atoms with Crippen molar-refractivity contribution in [2.24, 2.45) is 5.92 Å². The number of allylic oxidation sites excluding steroid dienone is 1. The Morgan fingerprint density at radius 1 is 1.28 bits per heavy atom. The van der Waals surface area contributed by atoms with Crippen LogP contribution in [0.1, 0.15) is 25.3 Å². The molecule has 0 amide bonds. The van der Waals surface area contributed by atoms with Gasteiger partial charge in [-0.3, -0.25) is 0 Å². The molecule has 0 saturated heterocycles. The molecule has 134 valence electrons. The summed E-state index contributed by atoms with van der Waals surface area (Å²) in [6.07, 6.45) is 9.70. The van der Waals surface area contributed by atoms with Gasteiger partial charge in [0.2, 0.25) is 5.95 Å². The first kappa shape index (κ1) is 16.5. The molecule has 2 aromatic heterocycles. The quantitative estimate of drug-likeness (QED) is 0.609. The molecular formula is C17H26N6OSi. The predicted molar refractivity (Wildman–Crippen MR) is 102 cm³/mol. The van der Waals surface area contributed by atoms with E-state index < -0.39 is 8.32 Å². The van der Waals surface area contributed by atoms with Gasteiger partial charge >= 0.3 is 0 Å². The molecule has 1 fully saturated rings. The highest BCUT2D eigenvalue weighted by Crippen LogP contribution is 2.33. The Balaban J connectivity index is 1.54. The summed E-state index contributed by atoms with van der Waals surface area (Å²) in [5.41, 5.74) is 7.54. The zero-order valence-corrected chi connectivity index (χ0v) is 16.1. The molecule has 25 heavy (non-hydrogen) atoms. The van der Waals surface area contributed by atoms with Crippen molar-refractivity contribution < 1.29 is 4.43 Å². The van der Waals surface area contributed by atoms with Crippen LogP contribution in [0.4, 0.5) is 11.8 Å². The number of nitrogens with one attached hydrogen (secondary N) is 1. The SMILES string of the molecule is C[Si](C)(C)OCC1C=CC(n2cnc3c(NC4CC4)nc(N)nc32)C1. The number of hydrogen-bond acceptors (Lipinski definition) is 6. The van der Waals surface area contributed by atoms with E-state index in [4.69, 9.17) is 10.2 Å². The smallest absolute Gasteiger partial charge is 0.224 e. The maximum Gasteiger partial charge on any atom is 0.224 e. The number of fused-ring (bicyclic) bond motifs is 1. The molecule has 0 aliphatic heterocycles. The van der Waals surface area contributed by atoms with E-state index in [1.165, 1.54) is 12.8 Å². The largest absolute Gasteiger partial charge is 0.417 e. The van der Waals surface area contributed by atoms with E-state index in [2.05, 4.69) is 56.6 Å². The van der Waals surface area contributed by atoms with Gasteiger partial charge in [0.05, 0.1) is 12.4 Å². The molecule has 0 aromatic carbocycles. The van der Waals surface area contributed by atoms with Crippen LogP contribution in [-0.2, 0) is 4.43 Å². The standard InChI is InChI=1S/C17H26N6OSi/c1-25(2,3)24-9-11-4-7-13(8-11)23-10-19-14-15(20-12-5-6-12)21-17(18)22-16(14)23/h4,7,10-13H,5-6,8-9H2,1-3H3,(H3,18,20,21,22). The number of imidazole rings is 1. The van der Waals surface area contributed by atoms with Gasteiger partial charge in [-0.25, -0.2) is 4.98 Å². The summed E-state index contributed by atoms with van der Waals surface area (Å²) >= 11 is 0. The predicted octanol–water partition coefficient (Wildman–Crippen LogP) is 2.95. The first-order valence-corrected chi connectivity index (χ1v) is 12.4. The molecule has 2 aromatic rings. The number of anilines is 2. The van der Waals surface area contributed by atoms with Crippen molar-refractivity contribution in [3.63, 3.8) is 0 Å². The Morgan fingerprint density at radius 3 is 2.80 bits per heavy atom. The third kappa shape index (κ3) is 3.69. The molecule has 2 unspecified atom stereocenters. The lowest BCUT2D eigenvalue weighted by molar-refractivity contribution is 0.260. The lowest BCUT2D eigenvalue weighted by atomic mass is 10.1. The summed E-state index contributed by atoms with van der Waals surface area (Å²) < 4.78 is 8.17. The van der Waals surface area contributed by atoms with Crippen LogP contribution < -0.4 is 11.1 Å². The van der Waals surface area contributed by atoms with Crippen molar-refractivity contribution >= 4 is 31.2 Å². The third-order valence-electron chi connectivity index (χ3n) is 4.59. The monoisotopic (exact) mass is 358 g/mol. The van der Waals surface area contributed by atoms with Gasteiger partial charge in [0.15, 0.2) is 25.3 Å². The minimum absolute atomic E-state index is 0.239. The van der Waals surface area contributed by atoms with Gasteiger partial charge in [0, 0.05) is 18.6 Å². The van der Waals surface area contributed by atoms with Crippen LogP contribution in [0.2, 0.25) is 19.6 Å². The number of nitrogens with zero attached hydrogens (tertiary/aromatic N) is 4. The van der Waals surface area contributed by atoms with Gasteiger partial charge < -0.3 is 20.0 Å². The summed E-state index contributed by atoms with van der Waals surface area (Å²) in [4.78, 5) is 13.3. The maximum atomic E-state index is 6.06. The zero-order valence-electron chi connectivity index (χ0n) is 15.1. The topological polar surface area (TPSA) is 90.9 Å². The van der Waals surface area contributed by atoms with Crippen molar-refractivity contribution in [1.82, 2.24) is 19.5 Å². The molecule has 0 bridgehead atoms.